The molecule has 0 amide bonds. The van der Waals surface area contributed by atoms with Gasteiger partial charge in [0, 0.05) is 18.0 Å². The van der Waals surface area contributed by atoms with Crippen LogP contribution in [-0.2, 0) is 21.2 Å². The van der Waals surface area contributed by atoms with Crippen molar-refractivity contribution in [2.24, 2.45) is 0 Å². The smallest absolute Gasteiger partial charge is 0.303 e. The van der Waals surface area contributed by atoms with Crippen molar-refractivity contribution in [2.45, 2.75) is 24.7 Å². The second kappa shape index (κ2) is 8.58. The molecule has 0 radical (unpaired) electrons. The quantitative estimate of drug-likeness (QED) is 0.341. The SMILES string of the molecule is Cc1c(S(=O)(=O)n2cc(CCC(=O)O)c3cc(-c4ccsc4)ccc32)cnn1-c1ccccc1. The minimum Gasteiger partial charge on any atom is -0.481 e. The zero-order valence-corrected chi connectivity index (χ0v) is 19.9. The predicted molar refractivity (Wildman–Crippen MR) is 132 cm³/mol. The molecule has 0 aliphatic rings. The van der Waals surface area contributed by atoms with Crippen molar-refractivity contribution in [3.8, 4) is 16.8 Å². The molecule has 0 saturated heterocycles. The van der Waals surface area contributed by atoms with Gasteiger partial charge < -0.3 is 5.11 Å². The summed E-state index contributed by atoms with van der Waals surface area (Å²) >= 11 is 1.58. The van der Waals surface area contributed by atoms with Crippen LogP contribution in [0.5, 0.6) is 0 Å². The number of carboxylic acid groups (broad SMARTS) is 1. The molecule has 172 valence electrons. The number of fused-ring (bicyclic) bond motifs is 1. The van der Waals surface area contributed by atoms with Crippen LogP contribution in [0.4, 0.5) is 0 Å². The highest BCUT2D eigenvalue weighted by Gasteiger charge is 2.26. The molecule has 7 nitrogen and oxygen atoms in total. The molecule has 0 saturated carbocycles. The molecule has 34 heavy (non-hydrogen) atoms. The summed E-state index contributed by atoms with van der Waals surface area (Å²) in [4.78, 5) is 11.3. The number of benzene rings is 2. The summed E-state index contributed by atoms with van der Waals surface area (Å²) in [6, 6.07) is 16.9. The number of para-hydroxylation sites is 1. The van der Waals surface area contributed by atoms with Crippen LogP contribution in [0.2, 0.25) is 0 Å². The molecule has 0 spiro atoms. The largest absolute Gasteiger partial charge is 0.481 e. The highest BCUT2D eigenvalue weighted by Crippen LogP contribution is 2.32. The molecule has 0 bridgehead atoms. The molecule has 2 aromatic carbocycles. The molecule has 0 aliphatic heterocycles. The van der Waals surface area contributed by atoms with E-state index in [1.165, 1.54) is 10.2 Å². The molecule has 5 aromatic rings. The lowest BCUT2D eigenvalue weighted by atomic mass is 10.0. The molecule has 0 aliphatic carbocycles. The van der Waals surface area contributed by atoms with Gasteiger partial charge in [-0.15, -0.1) is 0 Å². The summed E-state index contributed by atoms with van der Waals surface area (Å²) in [5, 5.41) is 18.3. The topological polar surface area (TPSA) is 94.2 Å². The molecule has 0 atom stereocenters. The Bertz CT molecular complexity index is 1600. The molecular formula is C25H21N3O4S2. The van der Waals surface area contributed by atoms with Crippen LogP contribution < -0.4 is 0 Å². The van der Waals surface area contributed by atoms with E-state index < -0.39 is 16.0 Å². The molecule has 3 aromatic heterocycles. The maximum atomic E-state index is 13.8. The number of hydrogen-bond acceptors (Lipinski definition) is 5. The second-order valence-corrected chi connectivity index (χ2v) is 10.5. The van der Waals surface area contributed by atoms with E-state index in [-0.39, 0.29) is 17.7 Å². The van der Waals surface area contributed by atoms with E-state index in [0.29, 0.717) is 16.8 Å². The first kappa shape index (κ1) is 22.1. The first-order chi connectivity index (χ1) is 16.4. The fourth-order valence-electron chi connectivity index (χ4n) is 4.10. The molecule has 0 fully saturated rings. The van der Waals surface area contributed by atoms with Crippen molar-refractivity contribution in [3.63, 3.8) is 0 Å². The summed E-state index contributed by atoms with van der Waals surface area (Å²) < 4.78 is 30.4. The number of aromatic nitrogens is 3. The standard InChI is InChI=1S/C25H21N3O4S2/c1-17-24(14-26-28(17)21-5-3-2-4-6-21)34(31,32)27-15-19(8-10-25(29)30)22-13-18(7-9-23(22)27)20-11-12-33-16-20/h2-7,9,11-16H,8,10H2,1H3,(H,29,30). The Kier molecular flexibility index (Phi) is 5.59. The third-order valence-corrected chi connectivity index (χ3v) is 8.28. The highest BCUT2D eigenvalue weighted by atomic mass is 32.2. The number of hydrogen-bond donors (Lipinski definition) is 1. The number of rotatable bonds is 7. The van der Waals surface area contributed by atoms with Crippen LogP contribution in [0.1, 0.15) is 17.7 Å². The molecule has 1 N–H and O–H groups in total. The van der Waals surface area contributed by atoms with E-state index in [4.69, 9.17) is 0 Å². The number of nitrogens with zero attached hydrogens (tertiary/aromatic N) is 3. The molecule has 3 heterocycles. The Morgan fingerprint density at radius 1 is 1.09 bits per heavy atom. The van der Waals surface area contributed by atoms with E-state index in [9.17, 15) is 18.3 Å². The lowest BCUT2D eigenvalue weighted by Crippen LogP contribution is -2.13. The molecule has 9 heteroatoms. The number of carbonyl (C=O) groups is 1. The van der Waals surface area contributed by atoms with Crippen molar-refractivity contribution in [1.82, 2.24) is 13.8 Å². The number of aliphatic carboxylic acids is 1. The van der Waals surface area contributed by atoms with Gasteiger partial charge in [0.15, 0.2) is 0 Å². The van der Waals surface area contributed by atoms with E-state index in [0.717, 1.165) is 22.2 Å². The average molecular weight is 492 g/mol. The Morgan fingerprint density at radius 3 is 2.59 bits per heavy atom. The Hall–Kier alpha value is -3.69. The summed E-state index contributed by atoms with van der Waals surface area (Å²) in [6.45, 7) is 1.72. The van der Waals surface area contributed by atoms with Gasteiger partial charge in [-0.2, -0.15) is 16.4 Å². The van der Waals surface area contributed by atoms with Crippen molar-refractivity contribution < 1.29 is 18.3 Å². The average Bonchev–Trinajstić information content (AvgIpc) is 3.57. The summed E-state index contributed by atoms with van der Waals surface area (Å²) in [5.41, 5.74) is 4.43. The Balaban J connectivity index is 1.66. The Labute approximate surface area is 200 Å². The van der Waals surface area contributed by atoms with Gasteiger partial charge >= 0.3 is 5.97 Å². The molecule has 0 unspecified atom stereocenters. The van der Waals surface area contributed by atoms with Gasteiger partial charge in [0.25, 0.3) is 10.0 Å². The normalized spacial score (nSPS) is 11.8. The summed E-state index contributed by atoms with van der Waals surface area (Å²) in [5.74, 6) is -0.933. The van der Waals surface area contributed by atoms with Gasteiger partial charge in [-0.1, -0.05) is 24.3 Å². The first-order valence-electron chi connectivity index (χ1n) is 10.6. The van der Waals surface area contributed by atoms with E-state index in [1.807, 2.05) is 59.3 Å². The van der Waals surface area contributed by atoms with Gasteiger partial charge in [-0.25, -0.2) is 17.1 Å². The van der Waals surface area contributed by atoms with E-state index in [2.05, 4.69) is 5.10 Å². The monoisotopic (exact) mass is 491 g/mol. The fraction of sp³-hybridized carbons (Fsp3) is 0.120. The van der Waals surface area contributed by atoms with Crippen molar-refractivity contribution in [1.29, 1.82) is 0 Å². The lowest BCUT2D eigenvalue weighted by Gasteiger charge is -2.09. The minimum absolute atomic E-state index is 0.0905. The van der Waals surface area contributed by atoms with E-state index in [1.54, 1.807) is 35.2 Å². The minimum atomic E-state index is -3.98. The highest BCUT2D eigenvalue weighted by molar-refractivity contribution is 7.90. The predicted octanol–water partition coefficient (Wildman–Crippen LogP) is 5.12. The second-order valence-electron chi connectivity index (χ2n) is 7.93. The molecular weight excluding hydrogens is 470 g/mol. The van der Waals surface area contributed by atoms with Gasteiger partial charge in [-0.3, -0.25) is 4.79 Å². The van der Waals surface area contributed by atoms with Crippen LogP contribution in [0.15, 0.2) is 82.6 Å². The van der Waals surface area contributed by atoms with Crippen LogP contribution in [0.25, 0.3) is 27.7 Å². The van der Waals surface area contributed by atoms with Gasteiger partial charge in [0.1, 0.15) is 4.90 Å². The Morgan fingerprint density at radius 2 is 1.88 bits per heavy atom. The summed E-state index contributed by atoms with van der Waals surface area (Å²) in [7, 11) is -3.98. The van der Waals surface area contributed by atoms with E-state index >= 15 is 0 Å². The van der Waals surface area contributed by atoms with Crippen LogP contribution >= 0.6 is 11.3 Å². The first-order valence-corrected chi connectivity index (χ1v) is 13.0. The van der Waals surface area contributed by atoms with Crippen LogP contribution in [0.3, 0.4) is 0 Å². The van der Waals surface area contributed by atoms with Crippen LogP contribution in [-0.4, -0.2) is 33.2 Å². The molecule has 5 rings (SSSR count). The lowest BCUT2D eigenvalue weighted by molar-refractivity contribution is -0.136. The van der Waals surface area contributed by atoms with Crippen LogP contribution in [0, 0.1) is 6.92 Å². The van der Waals surface area contributed by atoms with Crippen molar-refractivity contribution >= 4 is 38.2 Å². The number of thiophene rings is 1. The van der Waals surface area contributed by atoms with Gasteiger partial charge in [0.05, 0.1) is 23.1 Å². The van der Waals surface area contributed by atoms with Gasteiger partial charge in [0.2, 0.25) is 0 Å². The third-order valence-electron chi connectivity index (χ3n) is 5.82. The summed E-state index contributed by atoms with van der Waals surface area (Å²) in [6.07, 6.45) is 3.04. The maximum absolute atomic E-state index is 13.8. The van der Waals surface area contributed by atoms with Crippen molar-refractivity contribution in [2.75, 3.05) is 0 Å². The number of carboxylic acids is 1. The zero-order chi connectivity index (χ0) is 23.9. The number of aryl methyl sites for hydroxylation is 1. The third kappa shape index (κ3) is 3.82. The fourth-order valence-corrected chi connectivity index (χ4v) is 6.30. The maximum Gasteiger partial charge on any atom is 0.303 e. The van der Waals surface area contributed by atoms with Gasteiger partial charge in [-0.05, 0) is 71.1 Å². The van der Waals surface area contributed by atoms with Crippen molar-refractivity contribution in [3.05, 3.63) is 89.0 Å². The zero-order valence-electron chi connectivity index (χ0n) is 18.2.